The summed E-state index contributed by atoms with van der Waals surface area (Å²) in [5.41, 5.74) is 2.69. The van der Waals surface area contributed by atoms with Crippen molar-refractivity contribution in [2.24, 2.45) is 0 Å². The molecule has 7 nitrogen and oxygen atoms in total. The summed E-state index contributed by atoms with van der Waals surface area (Å²) in [5, 5.41) is 3.63. The van der Waals surface area contributed by atoms with E-state index in [1.807, 2.05) is 82.3 Å². The molecule has 1 atom stereocenters. The summed E-state index contributed by atoms with van der Waals surface area (Å²) in [4.78, 5) is 29.2. The van der Waals surface area contributed by atoms with Crippen molar-refractivity contribution in [2.75, 3.05) is 17.1 Å². The van der Waals surface area contributed by atoms with E-state index in [0.717, 1.165) is 16.7 Å². The fourth-order valence-electron chi connectivity index (χ4n) is 4.62. The van der Waals surface area contributed by atoms with E-state index in [4.69, 9.17) is 11.6 Å². The van der Waals surface area contributed by atoms with E-state index < -0.39 is 21.6 Å². The number of nitrogens with one attached hydrogen (secondary N) is 1. The predicted molar refractivity (Wildman–Crippen MR) is 166 cm³/mol. The Labute approximate surface area is 249 Å². The molecule has 3 aromatic rings. The van der Waals surface area contributed by atoms with Gasteiger partial charge in [0.15, 0.2) is 0 Å². The maximum atomic E-state index is 13.9. The Morgan fingerprint density at radius 1 is 0.902 bits per heavy atom. The first-order valence-corrected chi connectivity index (χ1v) is 15.9. The number of hydrogen-bond acceptors (Lipinski definition) is 4. The summed E-state index contributed by atoms with van der Waals surface area (Å²) < 4.78 is 26.7. The van der Waals surface area contributed by atoms with Crippen LogP contribution in [0.15, 0.2) is 78.9 Å². The number of sulfonamides is 1. The fourth-order valence-corrected chi connectivity index (χ4v) is 5.77. The molecule has 0 aliphatic carbocycles. The summed E-state index contributed by atoms with van der Waals surface area (Å²) in [5.74, 6) is -0.482. The van der Waals surface area contributed by atoms with Gasteiger partial charge in [-0.05, 0) is 69.0 Å². The lowest BCUT2D eigenvalue weighted by Gasteiger charge is -2.34. The molecule has 9 heteroatoms. The second-order valence-corrected chi connectivity index (χ2v) is 13.7. The van der Waals surface area contributed by atoms with Gasteiger partial charge >= 0.3 is 0 Å². The van der Waals surface area contributed by atoms with Crippen LogP contribution in [0.2, 0.25) is 5.02 Å². The Kier molecular flexibility index (Phi) is 11.0. The second kappa shape index (κ2) is 14.0. The van der Waals surface area contributed by atoms with Crippen molar-refractivity contribution in [2.45, 2.75) is 65.1 Å². The quantitative estimate of drug-likeness (QED) is 0.288. The monoisotopic (exact) mass is 597 g/mol. The largest absolute Gasteiger partial charge is 0.350 e. The average Bonchev–Trinajstić information content (AvgIpc) is 2.89. The van der Waals surface area contributed by atoms with E-state index in [2.05, 4.69) is 5.32 Å². The molecule has 2 amide bonds. The Hall–Kier alpha value is -3.36. The van der Waals surface area contributed by atoms with Crippen LogP contribution in [0, 0.1) is 6.92 Å². The van der Waals surface area contributed by atoms with Gasteiger partial charge in [0.05, 0.1) is 11.9 Å². The van der Waals surface area contributed by atoms with E-state index in [9.17, 15) is 18.0 Å². The molecule has 41 heavy (non-hydrogen) atoms. The Balaban J connectivity index is 1.90. The lowest BCUT2D eigenvalue weighted by Crippen LogP contribution is -2.54. The van der Waals surface area contributed by atoms with Crippen LogP contribution in [-0.4, -0.2) is 49.5 Å². The van der Waals surface area contributed by atoms with Crippen LogP contribution in [0.25, 0.3) is 0 Å². The summed E-state index contributed by atoms with van der Waals surface area (Å²) in [6, 6.07) is 23.3. The third kappa shape index (κ3) is 9.90. The zero-order valence-electron chi connectivity index (χ0n) is 24.4. The van der Waals surface area contributed by atoms with Gasteiger partial charge in [-0.2, -0.15) is 0 Å². The summed E-state index contributed by atoms with van der Waals surface area (Å²) >= 11 is 6.10. The fraction of sp³-hybridized carbons (Fsp3) is 0.375. The topological polar surface area (TPSA) is 86.8 Å². The van der Waals surface area contributed by atoms with E-state index >= 15 is 0 Å². The molecule has 1 N–H and O–H groups in total. The maximum Gasteiger partial charge on any atom is 0.243 e. The first-order chi connectivity index (χ1) is 19.2. The predicted octanol–water partition coefficient (Wildman–Crippen LogP) is 5.75. The first-order valence-electron chi connectivity index (χ1n) is 13.7. The van der Waals surface area contributed by atoms with Crippen molar-refractivity contribution in [1.29, 1.82) is 0 Å². The van der Waals surface area contributed by atoms with Gasteiger partial charge in [0.2, 0.25) is 21.8 Å². The van der Waals surface area contributed by atoms with Crippen LogP contribution < -0.4 is 9.62 Å². The van der Waals surface area contributed by atoms with Crippen molar-refractivity contribution in [3.8, 4) is 0 Å². The highest BCUT2D eigenvalue weighted by molar-refractivity contribution is 7.92. The third-order valence-electron chi connectivity index (χ3n) is 6.57. The Bertz CT molecular complexity index is 1420. The van der Waals surface area contributed by atoms with Gasteiger partial charge in [0.1, 0.15) is 6.04 Å². The molecule has 220 valence electrons. The first kappa shape index (κ1) is 32.2. The minimum Gasteiger partial charge on any atom is -0.350 e. The highest BCUT2D eigenvalue weighted by atomic mass is 35.5. The zero-order chi connectivity index (χ0) is 30.2. The number of rotatable bonds is 12. The molecule has 0 radical (unpaired) electrons. The van der Waals surface area contributed by atoms with Crippen molar-refractivity contribution in [3.63, 3.8) is 0 Å². The maximum absolute atomic E-state index is 13.9. The number of benzene rings is 3. The van der Waals surface area contributed by atoms with Crippen LogP contribution >= 0.6 is 11.6 Å². The van der Waals surface area contributed by atoms with Crippen molar-refractivity contribution >= 4 is 39.1 Å². The number of carbonyl (C=O) groups is 2. The van der Waals surface area contributed by atoms with Crippen molar-refractivity contribution in [1.82, 2.24) is 10.2 Å². The number of aryl methyl sites for hydroxylation is 1. The average molecular weight is 598 g/mol. The number of para-hydroxylation sites is 1. The number of amides is 2. The summed E-state index contributed by atoms with van der Waals surface area (Å²) in [6.45, 7) is 7.92. The van der Waals surface area contributed by atoms with Crippen LogP contribution in [0.5, 0.6) is 0 Å². The van der Waals surface area contributed by atoms with E-state index in [0.29, 0.717) is 17.1 Å². The molecule has 3 rings (SSSR count). The smallest absolute Gasteiger partial charge is 0.243 e. The van der Waals surface area contributed by atoms with Crippen molar-refractivity contribution in [3.05, 3.63) is 101 Å². The Morgan fingerprint density at radius 3 is 2.10 bits per heavy atom. The van der Waals surface area contributed by atoms with Crippen LogP contribution in [0.3, 0.4) is 0 Å². The molecular weight excluding hydrogens is 558 g/mol. The molecule has 0 heterocycles. The Morgan fingerprint density at radius 2 is 1.51 bits per heavy atom. The normalized spacial score (nSPS) is 12.4. The van der Waals surface area contributed by atoms with Gasteiger partial charge in [-0.25, -0.2) is 8.42 Å². The standard InChI is InChI=1S/C32H40ClN3O4S/c1-24-12-9-10-15-28(24)36(41(5,39)40)21-11-16-30(37)35(23-26-17-19-27(33)20-18-26)29(31(38)34-32(2,3)4)22-25-13-7-6-8-14-25/h6-10,12-15,17-20,29H,11,16,21-23H2,1-5H3,(H,34,38)/t29-/m1/s1. The molecule has 0 saturated heterocycles. The molecule has 0 fully saturated rings. The zero-order valence-corrected chi connectivity index (χ0v) is 26.0. The van der Waals surface area contributed by atoms with E-state index in [1.165, 1.54) is 10.6 Å². The number of carbonyl (C=O) groups excluding carboxylic acids is 2. The molecule has 3 aromatic carbocycles. The molecule has 0 aliphatic rings. The number of nitrogens with zero attached hydrogens (tertiary/aromatic N) is 2. The molecule has 0 saturated carbocycles. The van der Waals surface area contributed by atoms with Crippen molar-refractivity contribution < 1.29 is 18.0 Å². The summed E-state index contributed by atoms with van der Waals surface area (Å²) in [7, 11) is -3.57. The van der Waals surface area contributed by atoms with Gasteiger partial charge in [-0.3, -0.25) is 13.9 Å². The highest BCUT2D eigenvalue weighted by Crippen LogP contribution is 2.23. The number of halogens is 1. The molecule has 0 spiro atoms. The molecule has 0 unspecified atom stereocenters. The molecular formula is C32H40ClN3O4S. The van der Waals surface area contributed by atoms with Crippen LogP contribution in [0.1, 0.15) is 50.3 Å². The van der Waals surface area contributed by atoms with Gasteiger partial charge in [0, 0.05) is 36.5 Å². The lowest BCUT2D eigenvalue weighted by atomic mass is 10.00. The van der Waals surface area contributed by atoms with Gasteiger partial charge in [-0.15, -0.1) is 0 Å². The lowest BCUT2D eigenvalue weighted by molar-refractivity contribution is -0.142. The molecule has 0 aromatic heterocycles. The van der Waals surface area contributed by atoms with Crippen LogP contribution in [0.4, 0.5) is 5.69 Å². The minimum absolute atomic E-state index is 0.0690. The van der Waals surface area contributed by atoms with E-state index in [1.54, 1.807) is 29.2 Å². The highest BCUT2D eigenvalue weighted by Gasteiger charge is 2.32. The van der Waals surface area contributed by atoms with Gasteiger partial charge < -0.3 is 10.2 Å². The number of anilines is 1. The molecule has 0 aliphatic heterocycles. The third-order valence-corrected chi connectivity index (χ3v) is 8.00. The van der Waals surface area contributed by atoms with Crippen LogP contribution in [-0.2, 0) is 32.6 Å². The van der Waals surface area contributed by atoms with E-state index in [-0.39, 0.29) is 37.7 Å². The SMILES string of the molecule is Cc1ccccc1N(CCCC(=O)N(Cc1ccc(Cl)cc1)[C@H](Cc1ccccc1)C(=O)NC(C)(C)C)S(C)(=O)=O. The number of hydrogen-bond donors (Lipinski definition) is 1. The minimum atomic E-state index is -3.57. The van der Waals surface area contributed by atoms with Gasteiger partial charge in [-0.1, -0.05) is 72.3 Å². The molecule has 0 bridgehead atoms. The summed E-state index contributed by atoms with van der Waals surface area (Å²) in [6.07, 6.45) is 1.86. The van der Waals surface area contributed by atoms with Gasteiger partial charge in [0.25, 0.3) is 0 Å². The second-order valence-electron chi connectivity index (χ2n) is 11.3.